The molecule has 1 unspecified atom stereocenters. The summed E-state index contributed by atoms with van der Waals surface area (Å²) in [6.07, 6.45) is 4.18. The molecule has 36 heavy (non-hydrogen) atoms. The van der Waals surface area contributed by atoms with Gasteiger partial charge in [-0.2, -0.15) is 10.4 Å². The monoisotopic (exact) mass is 527 g/mol. The van der Waals surface area contributed by atoms with Crippen molar-refractivity contribution in [2.75, 3.05) is 24.5 Å². The van der Waals surface area contributed by atoms with Crippen LogP contribution in [0.1, 0.15) is 50.4 Å². The van der Waals surface area contributed by atoms with Crippen molar-refractivity contribution in [2.24, 2.45) is 5.92 Å². The summed E-state index contributed by atoms with van der Waals surface area (Å²) >= 11 is 12.5. The molecule has 0 radical (unpaired) electrons. The summed E-state index contributed by atoms with van der Waals surface area (Å²) in [6, 6.07) is 6.97. The number of aromatic nitrogens is 4. The third-order valence-corrected chi connectivity index (χ3v) is 8.03. The normalized spacial score (nSPS) is 23.6. The molecule has 4 heterocycles. The molecular weight excluding hydrogens is 501 g/mol. The van der Waals surface area contributed by atoms with Crippen molar-refractivity contribution in [3.63, 3.8) is 0 Å². The zero-order valence-electron chi connectivity index (χ0n) is 20.1. The number of piperidine rings is 1. The first-order chi connectivity index (χ1) is 17.3. The Bertz CT molecular complexity index is 1350. The maximum atomic E-state index is 11.7. The molecule has 2 aromatic heterocycles. The second-order valence-electron chi connectivity index (χ2n) is 9.66. The topological polar surface area (TPSA) is 111 Å². The van der Waals surface area contributed by atoms with Gasteiger partial charge in [-0.1, -0.05) is 36.2 Å². The summed E-state index contributed by atoms with van der Waals surface area (Å²) in [4.78, 5) is 25.5. The summed E-state index contributed by atoms with van der Waals surface area (Å²) in [5.41, 5.74) is 1.99. The van der Waals surface area contributed by atoms with Crippen LogP contribution in [-0.4, -0.2) is 67.4 Å². The van der Waals surface area contributed by atoms with Crippen molar-refractivity contribution >= 4 is 46.2 Å². The van der Waals surface area contributed by atoms with Gasteiger partial charge in [0.25, 0.3) is 0 Å². The Hall–Kier alpha value is -2.93. The van der Waals surface area contributed by atoms with Crippen LogP contribution in [0.5, 0.6) is 0 Å². The average molecular weight is 528 g/mol. The minimum absolute atomic E-state index is 0.210. The second kappa shape index (κ2) is 9.85. The Morgan fingerprint density at radius 1 is 1.28 bits per heavy atom. The molecule has 0 aliphatic carbocycles. The first-order valence-electron chi connectivity index (χ1n) is 12.1. The van der Waals surface area contributed by atoms with E-state index < -0.39 is 5.97 Å². The standard InChI is InChI=1S/C25H27Cl2N7O2/c1-14-13-32(9-7-20(14)33-8-3-4-21(33)25(35)36)22-12-29-23-19(11-28)31-34(24(23)30-22)15(2)17-6-5-16(26)10-18(17)27/h5-6,10,12,14-15,20-21H,3-4,7-9,13H2,1-2H3,(H,35,36)/t14-,15-,20?,21+/m1/s1. The number of nitriles is 1. The number of hydrogen-bond acceptors (Lipinski definition) is 7. The lowest BCUT2D eigenvalue weighted by Gasteiger charge is -2.43. The largest absolute Gasteiger partial charge is 0.480 e. The highest BCUT2D eigenvalue weighted by Gasteiger charge is 2.40. The average Bonchev–Trinajstić information content (AvgIpc) is 3.48. The molecule has 2 aliphatic rings. The van der Waals surface area contributed by atoms with Crippen molar-refractivity contribution in [1.82, 2.24) is 24.6 Å². The Labute approximate surface area is 219 Å². The molecule has 11 heteroatoms. The highest BCUT2D eigenvalue weighted by atomic mass is 35.5. The number of hydrogen-bond donors (Lipinski definition) is 1. The highest BCUT2D eigenvalue weighted by Crippen LogP contribution is 2.33. The van der Waals surface area contributed by atoms with E-state index in [9.17, 15) is 15.2 Å². The summed E-state index contributed by atoms with van der Waals surface area (Å²) in [5, 5.41) is 24.8. The molecule has 2 fully saturated rings. The van der Waals surface area contributed by atoms with Crippen molar-refractivity contribution in [1.29, 1.82) is 5.26 Å². The van der Waals surface area contributed by atoms with Crippen molar-refractivity contribution in [3.8, 4) is 6.07 Å². The molecular formula is C25H27Cl2N7O2. The number of fused-ring (bicyclic) bond motifs is 1. The second-order valence-corrected chi connectivity index (χ2v) is 10.5. The third kappa shape index (κ3) is 4.38. The number of nitrogens with zero attached hydrogens (tertiary/aromatic N) is 7. The van der Waals surface area contributed by atoms with Crippen molar-refractivity contribution in [2.45, 2.75) is 51.2 Å². The number of carbonyl (C=O) groups is 1. The summed E-state index contributed by atoms with van der Waals surface area (Å²) in [7, 11) is 0. The molecule has 5 rings (SSSR count). The van der Waals surface area contributed by atoms with Crippen molar-refractivity contribution in [3.05, 3.63) is 45.7 Å². The van der Waals surface area contributed by atoms with Gasteiger partial charge < -0.3 is 10.0 Å². The van der Waals surface area contributed by atoms with Crippen LogP contribution in [0.4, 0.5) is 5.82 Å². The fourth-order valence-corrected chi connectivity index (χ4v) is 6.22. The summed E-state index contributed by atoms with van der Waals surface area (Å²) < 4.78 is 1.69. The van der Waals surface area contributed by atoms with E-state index in [2.05, 4.69) is 32.9 Å². The van der Waals surface area contributed by atoms with Crippen LogP contribution < -0.4 is 4.90 Å². The number of carboxylic acid groups (broad SMARTS) is 1. The third-order valence-electron chi connectivity index (χ3n) is 7.47. The highest BCUT2D eigenvalue weighted by molar-refractivity contribution is 6.35. The Morgan fingerprint density at radius 2 is 2.08 bits per heavy atom. The first kappa shape index (κ1) is 24.8. The zero-order valence-corrected chi connectivity index (χ0v) is 21.6. The van der Waals surface area contributed by atoms with Crippen LogP contribution in [-0.2, 0) is 4.79 Å². The lowest BCUT2D eigenvalue weighted by atomic mass is 9.91. The van der Waals surface area contributed by atoms with Crippen LogP contribution in [0.2, 0.25) is 10.0 Å². The predicted octanol–water partition coefficient (Wildman–Crippen LogP) is 4.38. The van der Waals surface area contributed by atoms with Gasteiger partial charge >= 0.3 is 5.97 Å². The van der Waals surface area contributed by atoms with Gasteiger partial charge in [-0.05, 0) is 56.3 Å². The number of halogens is 2. The van der Waals surface area contributed by atoms with Gasteiger partial charge in [-0.25, -0.2) is 14.6 Å². The fraction of sp³-hybridized carbons (Fsp3) is 0.480. The molecule has 0 saturated carbocycles. The number of likely N-dealkylation sites (tertiary alicyclic amines) is 1. The van der Waals surface area contributed by atoms with Gasteiger partial charge in [0.2, 0.25) is 0 Å². The van der Waals surface area contributed by atoms with E-state index in [-0.39, 0.29) is 29.7 Å². The molecule has 1 N–H and O–H groups in total. The van der Waals surface area contributed by atoms with Gasteiger partial charge in [-0.15, -0.1) is 0 Å². The van der Waals surface area contributed by atoms with Crippen LogP contribution in [0.3, 0.4) is 0 Å². The maximum absolute atomic E-state index is 11.7. The van der Waals surface area contributed by atoms with Gasteiger partial charge in [0, 0.05) is 29.2 Å². The maximum Gasteiger partial charge on any atom is 0.320 e. The van der Waals surface area contributed by atoms with Crippen LogP contribution >= 0.6 is 23.2 Å². The van der Waals surface area contributed by atoms with Crippen LogP contribution in [0.25, 0.3) is 11.2 Å². The molecule has 2 saturated heterocycles. The quantitative estimate of drug-likeness (QED) is 0.520. The smallest absolute Gasteiger partial charge is 0.320 e. The molecule has 0 amide bonds. The number of benzene rings is 1. The molecule has 2 aliphatic heterocycles. The van der Waals surface area contributed by atoms with E-state index in [0.29, 0.717) is 33.4 Å². The minimum atomic E-state index is -0.727. The van der Waals surface area contributed by atoms with Gasteiger partial charge in [0.1, 0.15) is 23.4 Å². The molecule has 188 valence electrons. The molecule has 3 aromatic rings. The lowest BCUT2D eigenvalue weighted by Crippen LogP contribution is -2.53. The fourth-order valence-electron chi connectivity index (χ4n) is 5.65. The first-order valence-corrected chi connectivity index (χ1v) is 12.9. The zero-order chi connectivity index (χ0) is 25.6. The van der Waals surface area contributed by atoms with E-state index in [4.69, 9.17) is 28.2 Å². The number of anilines is 1. The lowest BCUT2D eigenvalue weighted by molar-refractivity contribution is -0.143. The number of aliphatic carboxylic acids is 1. The Morgan fingerprint density at radius 3 is 2.78 bits per heavy atom. The molecule has 1 aromatic carbocycles. The molecule has 0 spiro atoms. The van der Waals surface area contributed by atoms with Gasteiger partial charge in [0.15, 0.2) is 11.3 Å². The minimum Gasteiger partial charge on any atom is -0.480 e. The van der Waals surface area contributed by atoms with E-state index in [0.717, 1.165) is 38.0 Å². The Kier molecular flexibility index (Phi) is 6.77. The summed E-state index contributed by atoms with van der Waals surface area (Å²) in [5.74, 6) is 0.251. The van der Waals surface area contributed by atoms with Gasteiger partial charge in [0.05, 0.1) is 12.2 Å². The SMILES string of the molecule is C[C@@H]1CN(c2cnc3c(C#N)nn([C@H](C)c4ccc(Cl)cc4Cl)c3n2)CCC1N1CCC[C@H]1C(=O)O. The predicted molar refractivity (Wildman–Crippen MR) is 137 cm³/mol. The van der Waals surface area contributed by atoms with Gasteiger partial charge in [-0.3, -0.25) is 9.69 Å². The van der Waals surface area contributed by atoms with Crippen molar-refractivity contribution < 1.29 is 9.90 Å². The molecule has 4 atom stereocenters. The van der Waals surface area contributed by atoms with E-state index >= 15 is 0 Å². The Balaban J connectivity index is 1.43. The number of rotatable bonds is 5. The molecule has 9 nitrogen and oxygen atoms in total. The number of carboxylic acids is 1. The van der Waals surface area contributed by atoms with Crippen LogP contribution in [0, 0.1) is 17.2 Å². The molecule has 0 bridgehead atoms. The van der Waals surface area contributed by atoms with Crippen LogP contribution in [0.15, 0.2) is 24.4 Å². The van der Waals surface area contributed by atoms with E-state index in [1.807, 2.05) is 13.0 Å². The summed E-state index contributed by atoms with van der Waals surface area (Å²) in [6.45, 7) is 6.43. The van der Waals surface area contributed by atoms with E-state index in [1.165, 1.54) is 0 Å². The van der Waals surface area contributed by atoms with E-state index in [1.54, 1.807) is 23.0 Å².